The van der Waals surface area contributed by atoms with Crippen LogP contribution in [0, 0.1) is 6.92 Å². The van der Waals surface area contributed by atoms with E-state index in [1.807, 2.05) is 31.2 Å². The highest BCUT2D eigenvalue weighted by molar-refractivity contribution is 6.02. The molecule has 1 aliphatic heterocycles. The van der Waals surface area contributed by atoms with Crippen molar-refractivity contribution in [3.63, 3.8) is 0 Å². The first-order valence-corrected chi connectivity index (χ1v) is 10.5. The van der Waals surface area contributed by atoms with E-state index in [1.54, 1.807) is 43.0 Å². The second kappa shape index (κ2) is 9.15. The molecule has 1 atom stereocenters. The standard InChI is InChI=1S/C24H24N4O5/c1-4-33-24(31)16-5-9-17(10-6-16)25-23(30)19-13-20(29)26-22-14(2)21(27-28(19)22)15-7-11-18(32-3)12-8-15/h5-12,19H,4,13H2,1-3H3,(H,25,30)(H,26,29)/t19-/m1/s1. The molecule has 0 saturated heterocycles. The number of ether oxygens (including phenoxy) is 2. The van der Waals surface area contributed by atoms with E-state index in [0.29, 0.717) is 22.8 Å². The van der Waals surface area contributed by atoms with Crippen molar-refractivity contribution in [2.45, 2.75) is 26.3 Å². The van der Waals surface area contributed by atoms with Gasteiger partial charge in [-0.05, 0) is 62.4 Å². The molecule has 2 aromatic carbocycles. The predicted molar refractivity (Wildman–Crippen MR) is 122 cm³/mol. The van der Waals surface area contributed by atoms with E-state index in [0.717, 1.165) is 16.9 Å². The number of esters is 1. The number of nitrogens with zero attached hydrogens (tertiary/aromatic N) is 2. The Balaban J connectivity index is 1.58. The minimum Gasteiger partial charge on any atom is -0.497 e. The largest absolute Gasteiger partial charge is 0.497 e. The Morgan fingerprint density at radius 3 is 2.48 bits per heavy atom. The van der Waals surface area contributed by atoms with Crippen molar-refractivity contribution in [1.29, 1.82) is 0 Å². The summed E-state index contributed by atoms with van der Waals surface area (Å²) >= 11 is 0. The number of fused-ring (bicyclic) bond motifs is 1. The third kappa shape index (κ3) is 4.43. The normalized spacial score (nSPS) is 14.8. The van der Waals surface area contributed by atoms with Gasteiger partial charge < -0.3 is 20.1 Å². The van der Waals surface area contributed by atoms with Gasteiger partial charge in [0, 0.05) is 16.8 Å². The first-order valence-electron chi connectivity index (χ1n) is 10.5. The van der Waals surface area contributed by atoms with Crippen molar-refractivity contribution in [2.75, 3.05) is 24.4 Å². The molecule has 170 valence electrons. The number of anilines is 2. The molecule has 1 aliphatic rings. The second-order valence-electron chi connectivity index (χ2n) is 7.55. The molecule has 0 radical (unpaired) electrons. The third-order valence-electron chi connectivity index (χ3n) is 5.41. The zero-order valence-electron chi connectivity index (χ0n) is 18.5. The molecule has 2 amide bonds. The number of aromatic nitrogens is 2. The van der Waals surface area contributed by atoms with Crippen molar-refractivity contribution in [2.24, 2.45) is 0 Å². The van der Waals surface area contributed by atoms with Crippen LogP contribution in [0.1, 0.15) is 35.3 Å². The summed E-state index contributed by atoms with van der Waals surface area (Å²) in [6.07, 6.45) is -0.0388. The molecular weight excluding hydrogens is 424 g/mol. The Bertz CT molecular complexity index is 1200. The first-order chi connectivity index (χ1) is 15.9. The van der Waals surface area contributed by atoms with Crippen LogP contribution in [-0.2, 0) is 14.3 Å². The minimum absolute atomic E-state index is 0.0388. The SMILES string of the molecule is CCOC(=O)c1ccc(NC(=O)[C@H]2CC(=O)Nc3c(C)c(-c4ccc(OC)cc4)nn32)cc1. The highest BCUT2D eigenvalue weighted by Crippen LogP contribution is 2.35. The van der Waals surface area contributed by atoms with Gasteiger partial charge in [0.15, 0.2) is 0 Å². The molecule has 9 nitrogen and oxygen atoms in total. The third-order valence-corrected chi connectivity index (χ3v) is 5.41. The van der Waals surface area contributed by atoms with Gasteiger partial charge in [-0.25, -0.2) is 9.48 Å². The fourth-order valence-electron chi connectivity index (χ4n) is 3.69. The van der Waals surface area contributed by atoms with E-state index >= 15 is 0 Å². The first kappa shape index (κ1) is 22.1. The molecule has 33 heavy (non-hydrogen) atoms. The van der Waals surface area contributed by atoms with E-state index in [2.05, 4.69) is 15.7 Å². The van der Waals surface area contributed by atoms with Gasteiger partial charge in [-0.3, -0.25) is 9.59 Å². The summed E-state index contributed by atoms with van der Waals surface area (Å²) in [4.78, 5) is 37.2. The molecule has 0 fully saturated rings. The Labute approximate surface area is 190 Å². The molecule has 9 heteroatoms. The highest BCUT2D eigenvalue weighted by Gasteiger charge is 2.34. The van der Waals surface area contributed by atoms with Crippen molar-refractivity contribution < 1.29 is 23.9 Å². The van der Waals surface area contributed by atoms with Crippen LogP contribution in [-0.4, -0.2) is 41.3 Å². The van der Waals surface area contributed by atoms with Crippen LogP contribution in [0.15, 0.2) is 48.5 Å². The number of nitrogens with one attached hydrogen (secondary N) is 2. The maximum atomic E-state index is 13.1. The number of hydrogen-bond acceptors (Lipinski definition) is 6. The number of amides is 2. The fourth-order valence-corrected chi connectivity index (χ4v) is 3.69. The molecular formula is C24H24N4O5. The van der Waals surface area contributed by atoms with Gasteiger partial charge in [0.1, 0.15) is 17.6 Å². The Hall–Kier alpha value is -4.14. The predicted octanol–water partition coefficient (Wildman–Crippen LogP) is 3.57. The molecule has 0 unspecified atom stereocenters. The van der Waals surface area contributed by atoms with Gasteiger partial charge in [0.25, 0.3) is 0 Å². The highest BCUT2D eigenvalue weighted by atomic mass is 16.5. The fraction of sp³-hybridized carbons (Fsp3) is 0.250. The van der Waals surface area contributed by atoms with Gasteiger partial charge in [-0.15, -0.1) is 0 Å². The van der Waals surface area contributed by atoms with Crippen LogP contribution in [0.4, 0.5) is 11.5 Å². The maximum absolute atomic E-state index is 13.1. The monoisotopic (exact) mass is 448 g/mol. The summed E-state index contributed by atoms with van der Waals surface area (Å²) in [7, 11) is 1.60. The van der Waals surface area contributed by atoms with Crippen LogP contribution in [0.25, 0.3) is 11.3 Å². The van der Waals surface area contributed by atoms with Gasteiger partial charge in [0.2, 0.25) is 11.8 Å². The van der Waals surface area contributed by atoms with E-state index in [4.69, 9.17) is 9.47 Å². The van der Waals surface area contributed by atoms with Crippen LogP contribution in [0.2, 0.25) is 0 Å². The lowest BCUT2D eigenvalue weighted by Crippen LogP contribution is -2.35. The molecule has 1 aromatic heterocycles. The zero-order valence-corrected chi connectivity index (χ0v) is 18.5. The van der Waals surface area contributed by atoms with E-state index in [-0.39, 0.29) is 24.8 Å². The Morgan fingerprint density at radius 2 is 1.85 bits per heavy atom. The number of carbonyl (C=O) groups is 3. The number of methoxy groups -OCH3 is 1. The van der Waals surface area contributed by atoms with Crippen molar-refractivity contribution in [3.05, 3.63) is 59.7 Å². The quantitative estimate of drug-likeness (QED) is 0.558. The van der Waals surface area contributed by atoms with Gasteiger partial charge >= 0.3 is 5.97 Å². The molecule has 3 aromatic rings. The number of carbonyl (C=O) groups excluding carboxylic acids is 3. The Morgan fingerprint density at radius 1 is 1.15 bits per heavy atom. The molecule has 0 aliphatic carbocycles. The molecule has 2 heterocycles. The number of benzene rings is 2. The lowest BCUT2D eigenvalue weighted by Gasteiger charge is -2.24. The van der Waals surface area contributed by atoms with Crippen LogP contribution >= 0.6 is 0 Å². The van der Waals surface area contributed by atoms with Gasteiger partial charge in [0.05, 0.1) is 31.4 Å². The number of hydrogen-bond donors (Lipinski definition) is 2. The van der Waals surface area contributed by atoms with Crippen molar-refractivity contribution in [3.8, 4) is 17.0 Å². The smallest absolute Gasteiger partial charge is 0.338 e. The van der Waals surface area contributed by atoms with E-state index in [1.165, 1.54) is 0 Å². The molecule has 0 spiro atoms. The average Bonchev–Trinajstić information content (AvgIpc) is 3.15. The lowest BCUT2D eigenvalue weighted by molar-refractivity contribution is -0.125. The van der Waals surface area contributed by atoms with Crippen LogP contribution in [0.3, 0.4) is 0 Å². The molecule has 0 bridgehead atoms. The Kier molecular flexibility index (Phi) is 6.12. The lowest BCUT2D eigenvalue weighted by atomic mass is 10.1. The van der Waals surface area contributed by atoms with Crippen molar-refractivity contribution >= 4 is 29.3 Å². The second-order valence-corrected chi connectivity index (χ2v) is 7.55. The van der Waals surface area contributed by atoms with Gasteiger partial charge in [-0.2, -0.15) is 5.10 Å². The summed E-state index contributed by atoms with van der Waals surface area (Å²) in [6, 6.07) is 13.0. The van der Waals surface area contributed by atoms with Gasteiger partial charge in [-0.1, -0.05) is 0 Å². The van der Waals surface area contributed by atoms with Crippen molar-refractivity contribution in [1.82, 2.24) is 9.78 Å². The zero-order chi connectivity index (χ0) is 23.5. The molecule has 2 N–H and O–H groups in total. The van der Waals surface area contributed by atoms with Crippen LogP contribution in [0.5, 0.6) is 5.75 Å². The van der Waals surface area contributed by atoms with E-state index in [9.17, 15) is 14.4 Å². The summed E-state index contributed by atoms with van der Waals surface area (Å²) in [5, 5.41) is 10.3. The van der Waals surface area contributed by atoms with Crippen LogP contribution < -0.4 is 15.4 Å². The topological polar surface area (TPSA) is 112 Å². The summed E-state index contributed by atoms with van der Waals surface area (Å²) < 4.78 is 11.7. The number of rotatable bonds is 6. The molecule has 0 saturated carbocycles. The summed E-state index contributed by atoms with van der Waals surface area (Å²) in [5.74, 6) is 0.153. The average molecular weight is 448 g/mol. The maximum Gasteiger partial charge on any atom is 0.338 e. The minimum atomic E-state index is -0.816. The molecule has 4 rings (SSSR count). The summed E-state index contributed by atoms with van der Waals surface area (Å²) in [6.45, 7) is 3.87. The van der Waals surface area contributed by atoms with E-state index < -0.39 is 12.0 Å². The summed E-state index contributed by atoms with van der Waals surface area (Å²) in [5.41, 5.74) is 3.18.